The van der Waals surface area contributed by atoms with Crippen molar-refractivity contribution in [2.75, 3.05) is 5.75 Å². The molecule has 4 nitrogen and oxygen atoms in total. The van der Waals surface area contributed by atoms with Crippen molar-refractivity contribution in [2.45, 2.75) is 31.9 Å². The van der Waals surface area contributed by atoms with Crippen molar-refractivity contribution >= 4 is 17.7 Å². The summed E-state index contributed by atoms with van der Waals surface area (Å²) in [5.74, 6) is 6.70. The molecule has 1 aromatic heterocycles. The van der Waals surface area contributed by atoms with Gasteiger partial charge in [0.2, 0.25) is 0 Å². The Morgan fingerprint density at radius 3 is 3.00 bits per heavy atom. The SMILES string of the molecule is CCCCCSCc1cccc(C(=O)NN)n1. The van der Waals surface area contributed by atoms with Gasteiger partial charge >= 0.3 is 0 Å². The molecule has 0 fully saturated rings. The van der Waals surface area contributed by atoms with Crippen molar-refractivity contribution in [3.63, 3.8) is 0 Å². The standard InChI is InChI=1S/C12H19N3OS/c1-2-3-4-8-17-9-10-6-5-7-11(14-10)12(16)15-13/h5-7H,2-4,8-9,13H2,1H3,(H,15,16). The number of nitrogens with one attached hydrogen (secondary N) is 1. The minimum absolute atomic E-state index is 0.345. The molecule has 1 rings (SSSR count). The van der Waals surface area contributed by atoms with Gasteiger partial charge in [0.15, 0.2) is 0 Å². The van der Waals surface area contributed by atoms with Crippen LogP contribution in [0.2, 0.25) is 0 Å². The highest BCUT2D eigenvalue weighted by Gasteiger charge is 2.05. The lowest BCUT2D eigenvalue weighted by Crippen LogP contribution is -2.30. The molecule has 5 heteroatoms. The summed E-state index contributed by atoms with van der Waals surface area (Å²) in [5, 5.41) is 0. The van der Waals surface area contributed by atoms with E-state index in [4.69, 9.17) is 5.84 Å². The van der Waals surface area contributed by atoms with Crippen LogP contribution >= 0.6 is 11.8 Å². The van der Waals surface area contributed by atoms with Crippen molar-refractivity contribution in [3.05, 3.63) is 29.6 Å². The molecule has 0 saturated carbocycles. The van der Waals surface area contributed by atoms with E-state index in [1.54, 1.807) is 6.07 Å². The van der Waals surface area contributed by atoms with E-state index < -0.39 is 0 Å². The van der Waals surface area contributed by atoms with E-state index in [9.17, 15) is 4.79 Å². The van der Waals surface area contributed by atoms with Crippen LogP contribution in [0.5, 0.6) is 0 Å². The van der Waals surface area contributed by atoms with Crippen LogP contribution < -0.4 is 11.3 Å². The van der Waals surface area contributed by atoms with Crippen LogP contribution in [0.25, 0.3) is 0 Å². The molecule has 0 atom stereocenters. The number of carbonyl (C=O) groups excluding carboxylic acids is 1. The number of hydrogen-bond acceptors (Lipinski definition) is 4. The fraction of sp³-hybridized carbons (Fsp3) is 0.500. The second kappa shape index (κ2) is 8.08. The Morgan fingerprint density at radius 1 is 1.47 bits per heavy atom. The number of nitrogens with two attached hydrogens (primary N) is 1. The molecule has 1 heterocycles. The molecule has 1 amide bonds. The average molecular weight is 253 g/mol. The first kappa shape index (κ1) is 14.0. The van der Waals surface area contributed by atoms with E-state index >= 15 is 0 Å². The van der Waals surface area contributed by atoms with E-state index in [1.165, 1.54) is 19.3 Å². The average Bonchev–Trinajstić information content (AvgIpc) is 2.38. The molecule has 0 aliphatic carbocycles. The fourth-order valence-electron chi connectivity index (χ4n) is 1.39. The van der Waals surface area contributed by atoms with E-state index in [0.29, 0.717) is 5.69 Å². The van der Waals surface area contributed by atoms with Crippen LogP contribution in [-0.2, 0) is 5.75 Å². The van der Waals surface area contributed by atoms with Crippen molar-refractivity contribution in [3.8, 4) is 0 Å². The number of pyridine rings is 1. The quantitative estimate of drug-likeness (QED) is 0.338. The molecule has 17 heavy (non-hydrogen) atoms. The minimum Gasteiger partial charge on any atom is -0.289 e. The highest BCUT2D eigenvalue weighted by atomic mass is 32.2. The number of nitrogens with zero attached hydrogens (tertiary/aromatic N) is 1. The van der Waals surface area contributed by atoms with Gasteiger partial charge in [-0.05, 0) is 24.3 Å². The third-order valence-electron chi connectivity index (χ3n) is 2.31. The van der Waals surface area contributed by atoms with E-state index in [-0.39, 0.29) is 5.91 Å². The number of thioether (sulfide) groups is 1. The lowest BCUT2D eigenvalue weighted by atomic mass is 10.3. The number of hydrogen-bond donors (Lipinski definition) is 2. The number of nitrogen functional groups attached to an aromatic ring is 1. The maximum absolute atomic E-state index is 11.3. The maximum atomic E-state index is 11.3. The van der Waals surface area contributed by atoms with Crippen LogP contribution in [0.15, 0.2) is 18.2 Å². The van der Waals surface area contributed by atoms with Gasteiger partial charge in [-0.25, -0.2) is 10.8 Å². The van der Waals surface area contributed by atoms with E-state index in [0.717, 1.165) is 17.2 Å². The lowest BCUT2D eigenvalue weighted by Gasteiger charge is -2.03. The minimum atomic E-state index is -0.345. The number of hydrazine groups is 1. The second-order valence-electron chi connectivity index (χ2n) is 3.75. The van der Waals surface area contributed by atoms with Crippen molar-refractivity contribution in [1.29, 1.82) is 0 Å². The number of aromatic nitrogens is 1. The Hall–Kier alpha value is -1.07. The zero-order chi connectivity index (χ0) is 12.5. The second-order valence-corrected chi connectivity index (χ2v) is 4.85. The normalized spacial score (nSPS) is 10.2. The van der Waals surface area contributed by atoms with Gasteiger partial charge in [-0.2, -0.15) is 11.8 Å². The van der Waals surface area contributed by atoms with Crippen molar-refractivity contribution < 1.29 is 4.79 Å². The van der Waals surface area contributed by atoms with Crippen LogP contribution in [-0.4, -0.2) is 16.6 Å². The Kier molecular flexibility index (Phi) is 6.65. The van der Waals surface area contributed by atoms with Gasteiger partial charge in [0.25, 0.3) is 5.91 Å². The van der Waals surface area contributed by atoms with Crippen molar-refractivity contribution in [2.24, 2.45) is 5.84 Å². The monoisotopic (exact) mass is 253 g/mol. The smallest absolute Gasteiger partial charge is 0.283 e. The van der Waals surface area contributed by atoms with Gasteiger partial charge in [0, 0.05) is 5.75 Å². The molecular formula is C12H19N3OS. The van der Waals surface area contributed by atoms with Gasteiger partial charge < -0.3 is 0 Å². The zero-order valence-corrected chi connectivity index (χ0v) is 10.9. The molecule has 0 spiro atoms. The molecule has 0 saturated heterocycles. The lowest BCUT2D eigenvalue weighted by molar-refractivity contribution is 0.0948. The fourth-order valence-corrected chi connectivity index (χ4v) is 2.31. The highest BCUT2D eigenvalue weighted by molar-refractivity contribution is 7.98. The molecule has 3 N–H and O–H groups in total. The predicted molar refractivity (Wildman–Crippen MR) is 71.6 cm³/mol. The predicted octanol–water partition coefficient (Wildman–Crippen LogP) is 2.11. The number of unbranched alkanes of at least 4 members (excludes halogenated alkanes) is 2. The molecule has 0 unspecified atom stereocenters. The molecule has 0 aliphatic heterocycles. The Balaban J connectivity index is 2.40. The van der Waals surface area contributed by atoms with Gasteiger partial charge in [-0.15, -0.1) is 0 Å². The van der Waals surface area contributed by atoms with Gasteiger partial charge in [-0.3, -0.25) is 10.2 Å². The summed E-state index contributed by atoms with van der Waals surface area (Å²) < 4.78 is 0. The number of carbonyl (C=O) groups is 1. The molecule has 0 aliphatic rings. The Bertz CT molecular complexity index is 357. The number of rotatable bonds is 7. The van der Waals surface area contributed by atoms with Crippen LogP contribution in [0, 0.1) is 0 Å². The zero-order valence-electron chi connectivity index (χ0n) is 10.1. The van der Waals surface area contributed by atoms with E-state index in [2.05, 4.69) is 17.3 Å². The summed E-state index contributed by atoms with van der Waals surface area (Å²) in [7, 11) is 0. The first-order valence-electron chi connectivity index (χ1n) is 5.82. The van der Waals surface area contributed by atoms with Crippen molar-refractivity contribution in [1.82, 2.24) is 10.4 Å². The Labute approximate surface area is 106 Å². The third kappa shape index (κ3) is 5.19. The third-order valence-corrected chi connectivity index (χ3v) is 3.39. The summed E-state index contributed by atoms with van der Waals surface area (Å²) in [6.07, 6.45) is 3.76. The first-order valence-corrected chi connectivity index (χ1v) is 6.98. The largest absolute Gasteiger partial charge is 0.289 e. The Morgan fingerprint density at radius 2 is 2.29 bits per heavy atom. The summed E-state index contributed by atoms with van der Waals surface area (Å²) >= 11 is 1.85. The molecular weight excluding hydrogens is 234 g/mol. The van der Waals surface area contributed by atoms with Crippen LogP contribution in [0.4, 0.5) is 0 Å². The number of amides is 1. The molecule has 94 valence electrons. The topological polar surface area (TPSA) is 68.0 Å². The van der Waals surface area contributed by atoms with Gasteiger partial charge in [0.1, 0.15) is 5.69 Å². The molecule has 0 radical (unpaired) electrons. The van der Waals surface area contributed by atoms with Crippen LogP contribution in [0.1, 0.15) is 42.4 Å². The van der Waals surface area contributed by atoms with E-state index in [1.807, 2.05) is 23.9 Å². The summed E-state index contributed by atoms with van der Waals surface area (Å²) in [4.78, 5) is 15.5. The summed E-state index contributed by atoms with van der Waals surface area (Å²) in [6.45, 7) is 2.20. The molecule has 1 aromatic rings. The summed E-state index contributed by atoms with van der Waals surface area (Å²) in [6, 6.07) is 5.42. The first-order chi connectivity index (χ1) is 8.27. The maximum Gasteiger partial charge on any atom is 0.283 e. The molecule has 0 bridgehead atoms. The van der Waals surface area contributed by atoms with Gasteiger partial charge in [0.05, 0.1) is 5.69 Å². The van der Waals surface area contributed by atoms with Gasteiger partial charge in [-0.1, -0.05) is 25.8 Å². The van der Waals surface area contributed by atoms with Crippen LogP contribution in [0.3, 0.4) is 0 Å². The summed E-state index contributed by atoms with van der Waals surface area (Å²) in [5.41, 5.74) is 3.38. The highest BCUT2D eigenvalue weighted by Crippen LogP contribution is 2.13. The molecule has 0 aromatic carbocycles.